The lowest BCUT2D eigenvalue weighted by atomic mass is 10.1. The smallest absolute Gasteiger partial charge is 0.182 e. The van der Waals surface area contributed by atoms with E-state index >= 15 is 0 Å². The van der Waals surface area contributed by atoms with Crippen molar-refractivity contribution in [1.29, 1.82) is 0 Å². The Labute approximate surface area is 123 Å². The molecule has 20 heavy (non-hydrogen) atoms. The molecule has 1 aromatic heterocycles. The van der Waals surface area contributed by atoms with Crippen molar-refractivity contribution in [2.75, 3.05) is 5.73 Å². The van der Waals surface area contributed by atoms with Gasteiger partial charge >= 0.3 is 0 Å². The number of hydrogen-bond acceptors (Lipinski definition) is 4. The van der Waals surface area contributed by atoms with Gasteiger partial charge in [-0.15, -0.1) is 11.3 Å². The van der Waals surface area contributed by atoms with Gasteiger partial charge in [0.1, 0.15) is 0 Å². The summed E-state index contributed by atoms with van der Waals surface area (Å²) in [6.45, 7) is 2.03. The topological polar surface area (TPSA) is 56.0 Å². The van der Waals surface area contributed by atoms with E-state index in [-0.39, 0.29) is 0 Å². The number of rotatable bonds is 3. The van der Waals surface area contributed by atoms with Crippen molar-refractivity contribution >= 4 is 38.0 Å². The second-order valence-electron chi connectivity index (χ2n) is 4.62. The van der Waals surface area contributed by atoms with Gasteiger partial charge in [-0.05, 0) is 36.2 Å². The quantitative estimate of drug-likeness (QED) is 0.753. The zero-order valence-corrected chi connectivity index (χ0v) is 12.6. The molecule has 3 aromatic rings. The van der Waals surface area contributed by atoms with Crippen LogP contribution in [0.25, 0.3) is 10.2 Å². The van der Waals surface area contributed by atoms with E-state index < -0.39 is 10.8 Å². The number of nitrogen functional groups attached to an aromatic ring is 1. The average Bonchev–Trinajstić information content (AvgIpc) is 2.84. The molecule has 2 N–H and O–H groups in total. The van der Waals surface area contributed by atoms with E-state index in [9.17, 15) is 4.21 Å². The van der Waals surface area contributed by atoms with Crippen LogP contribution in [0.1, 0.15) is 11.1 Å². The first-order chi connectivity index (χ1) is 9.63. The molecule has 0 fully saturated rings. The second kappa shape index (κ2) is 5.34. The second-order valence-corrected chi connectivity index (χ2v) is 7.28. The zero-order chi connectivity index (χ0) is 14.1. The molecular weight excluding hydrogens is 288 g/mol. The summed E-state index contributed by atoms with van der Waals surface area (Å²) in [6, 6.07) is 13.6. The third-order valence-corrected chi connectivity index (χ3v) is 5.81. The third-order valence-electron chi connectivity index (χ3n) is 3.14. The summed E-state index contributed by atoms with van der Waals surface area (Å²) in [5, 5.41) is 0. The molecule has 1 unspecified atom stereocenters. The van der Waals surface area contributed by atoms with E-state index in [1.54, 1.807) is 0 Å². The first kappa shape index (κ1) is 13.3. The molecule has 102 valence electrons. The molecule has 0 saturated carbocycles. The van der Waals surface area contributed by atoms with E-state index in [2.05, 4.69) is 4.98 Å². The van der Waals surface area contributed by atoms with Crippen molar-refractivity contribution in [2.24, 2.45) is 0 Å². The fraction of sp³-hybridized carbons (Fsp3) is 0.133. The predicted molar refractivity (Wildman–Crippen MR) is 85.3 cm³/mol. The van der Waals surface area contributed by atoms with Gasteiger partial charge in [0.2, 0.25) is 0 Å². The minimum atomic E-state index is -1.12. The lowest BCUT2D eigenvalue weighted by Gasteiger charge is -2.03. The molecule has 0 aliphatic carbocycles. The summed E-state index contributed by atoms with van der Waals surface area (Å²) in [6.07, 6.45) is 0. The van der Waals surface area contributed by atoms with Crippen molar-refractivity contribution in [3.8, 4) is 0 Å². The first-order valence-corrected chi connectivity index (χ1v) is 8.36. The van der Waals surface area contributed by atoms with Gasteiger partial charge in [-0.25, -0.2) is 4.98 Å². The fourth-order valence-electron chi connectivity index (χ4n) is 1.99. The SMILES string of the molecule is Cc1ccccc1CS(=O)c1nc2ccc(N)cc2s1. The number of hydrogen-bond donors (Lipinski definition) is 1. The summed E-state index contributed by atoms with van der Waals surface area (Å²) in [7, 11) is -1.12. The number of nitrogens with two attached hydrogens (primary N) is 1. The molecule has 0 aliphatic heterocycles. The first-order valence-electron chi connectivity index (χ1n) is 6.22. The average molecular weight is 302 g/mol. The highest BCUT2D eigenvalue weighted by molar-refractivity contribution is 7.86. The summed E-state index contributed by atoms with van der Waals surface area (Å²) in [5.41, 5.74) is 9.58. The maximum Gasteiger partial charge on any atom is 0.182 e. The number of anilines is 1. The Morgan fingerprint density at radius 3 is 2.85 bits per heavy atom. The van der Waals surface area contributed by atoms with Crippen LogP contribution in [0.5, 0.6) is 0 Å². The van der Waals surface area contributed by atoms with Crippen LogP contribution in [0.2, 0.25) is 0 Å². The van der Waals surface area contributed by atoms with Crippen LogP contribution < -0.4 is 5.73 Å². The van der Waals surface area contributed by atoms with Crippen molar-refractivity contribution in [3.05, 3.63) is 53.6 Å². The maximum absolute atomic E-state index is 12.4. The van der Waals surface area contributed by atoms with E-state index in [4.69, 9.17) is 5.73 Å². The van der Waals surface area contributed by atoms with Crippen LogP contribution in [-0.2, 0) is 16.6 Å². The Morgan fingerprint density at radius 1 is 1.25 bits per heavy atom. The van der Waals surface area contributed by atoms with Crippen molar-refractivity contribution in [1.82, 2.24) is 4.98 Å². The zero-order valence-electron chi connectivity index (χ0n) is 11.0. The molecule has 5 heteroatoms. The van der Waals surface area contributed by atoms with E-state index in [1.165, 1.54) is 11.3 Å². The number of benzene rings is 2. The Kier molecular flexibility index (Phi) is 3.54. The molecule has 0 spiro atoms. The monoisotopic (exact) mass is 302 g/mol. The van der Waals surface area contributed by atoms with Crippen LogP contribution in [0, 0.1) is 6.92 Å². The van der Waals surface area contributed by atoms with Gasteiger partial charge in [-0.1, -0.05) is 24.3 Å². The van der Waals surface area contributed by atoms with Crippen LogP contribution in [0.15, 0.2) is 46.8 Å². The molecule has 0 saturated heterocycles. The number of thiazole rings is 1. The van der Waals surface area contributed by atoms with Gasteiger partial charge in [0.05, 0.1) is 26.8 Å². The third kappa shape index (κ3) is 2.59. The highest BCUT2D eigenvalue weighted by Crippen LogP contribution is 2.27. The van der Waals surface area contributed by atoms with Gasteiger partial charge in [-0.2, -0.15) is 0 Å². The van der Waals surface area contributed by atoms with Crippen LogP contribution >= 0.6 is 11.3 Å². The minimum Gasteiger partial charge on any atom is -0.399 e. The summed E-state index contributed by atoms with van der Waals surface area (Å²) >= 11 is 1.45. The molecule has 1 atom stereocenters. The van der Waals surface area contributed by atoms with E-state index in [0.717, 1.165) is 21.3 Å². The molecule has 1 heterocycles. The maximum atomic E-state index is 12.4. The fourth-order valence-corrected chi connectivity index (χ4v) is 4.49. The molecule has 0 amide bonds. The van der Waals surface area contributed by atoms with E-state index in [0.29, 0.717) is 15.8 Å². The van der Waals surface area contributed by atoms with Crippen LogP contribution in [0.3, 0.4) is 0 Å². The van der Waals surface area contributed by atoms with Gasteiger partial charge < -0.3 is 5.73 Å². The van der Waals surface area contributed by atoms with Gasteiger partial charge in [0.25, 0.3) is 0 Å². The molecule has 0 bridgehead atoms. The number of aryl methyl sites for hydroxylation is 1. The number of aromatic nitrogens is 1. The van der Waals surface area contributed by atoms with Crippen molar-refractivity contribution < 1.29 is 4.21 Å². The van der Waals surface area contributed by atoms with Gasteiger partial charge in [-0.3, -0.25) is 4.21 Å². The van der Waals surface area contributed by atoms with Crippen molar-refractivity contribution in [3.63, 3.8) is 0 Å². The molecular formula is C15H14N2OS2. The lowest BCUT2D eigenvalue weighted by Crippen LogP contribution is -1.97. The Balaban J connectivity index is 1.91. The van der Waals surface area contributed by atoms with Crippen LogP contribution in [0.4, 0.5) is 5.69 Å². The molecule has 0 radical (unpaired) electrons. The normalized spacial score (nSPS) is 12.7. The van der Waals surface area contributed by atoms with Gasteiger partial charge in [0, 0.05) is 5.69 Å². The highest BCUT2D eigenvalue weighted by atomic mass is 32.2. The molecule has 0 aliphatic rings. The highest BCUT2D eigenvalue weighted by Gasteiger charge is 2.12. The standard InChI is InChI=1S/C15H14N2OS2/c1-10-4-2-3-5-11(10)9-20(18)15-17-13-7-6-12(16)8-14(13)19-15/h2-8H,9,16H2,1H3. The largest absolute Gasteiger partial charge is 0.399 e. The summed E-state index contributed by atoms with van der Waals surface area (Å²) < 4.78 is 14.1. The number of fused-ring (bicyclic) bond motifs is 1. The van der Waals surface area contributed by atoms with Crippen LogP contribution in [-0.4, -0.2) is 9.19 Å². The van der Waals surface area contributed by atoms with Crippen molar-refractivity contribution in [2.45, 2.75) is 17.0 Å². The Bertz CT molecular complexity index is 795. The Hall–Kier alpha value is -1.72. The Morgan fingerprint density at radius 2 is 2.05 bits per heavy atom. The van der Waals surface area contributed by atoms with Gasteiger partial charge in [0.15, 0.2) is 4.34 Å². The van der Waals surface area contributed by atoms with E-state index in [1.807, 2.05) is 49.4 Å². The molecule has 3 rings (SSSR count). The lowest BCUT2D eigenvalue weighted by molar-refractivity contribution is 0.682. The predicted octanol–water partition coefficient (Wildman–Crippen LogP) is 3.49. The molecule has 3 nitrogen and oxygen atoms in total. The minimum absolute atomic E-state index is 0.502. The molecule has 2 aromatic carbocycles. The number of nitrogens with zero attached hydrogens (tertiary/aromatic N) is 1. The summed E-state index contributed by atoms with van der Waals surface area (Å²) in [5.74, 6) is 0.502. The summed E-state index contributed by atoms with van der Waals surface area (Å²) in [4.78, 5) is 4.44.